The molecule has 1 aromatic rings. The normalized spacial score (nSPS) is 24.0. The van der Waals surface area contributed by atoms with Crippen LogP contribution in [0.5, 0.6) is 5.75 Å². The summed E-state index contributed by atoms with van der Waals surface area (Å²) in [5, 5.41) is 3.33. The Hall–Kier alpha value is -1.28. The number of methoxy groups -OCH3 is 1. The maximum Gasteiger partial charge on any atom is 0.221 e. The predicted octanol–water partition coefficient (Wildman–Crippen LogP) is 4.88. The molecule has 2 aliphatic heterocycles. The molecule has 0 bridgehead atoms. The van der Waals surface area contributed by atoms with E-state index in [2.05, 4.69) is 52.4 Å². The summed E-state index contributed by atoms with van der Waals surface area (Å²) in [6.07, 6.45) is 10.8. The van der Waals surface area contributed by atoms with Crippen LogP contribution in [0, 0.1) is 19.8 Å². The van der Waals surface area contributed by atoms with E-state index in [1.807, 2.05) is 0 Å². The Bertz CT molecular complexity index is 823. The second-order valence-electron chi connectivity index (χ2n) is 11.3. The van der Waals surface area contributed by atoms with Crippen molar-refractivity contribution >= 4 is 17.9 Å². The van der Waals surface area contributed by atoms with Crippen molar-refractivity contribution < 1.29 is 9.53 Å². The first-order valence-corrected chi connectivity index (χ1v) is 15.0. The van der Waals surface area contributed by atoms with Crippen molar-refractivity contribution in [1.82, 2.24) is 19.4 Å². The number of carbonyl (C=O) groups is 1. The molecule has 7 heteroatoms. The summed E-state index contributed by atoms with van der Waals surface area (Å²) in [4.78, 5) is 19.3. The lowest BCUT2D eigenvalue weighted by molar-refractivity contribution is -0.122. The fourth-order valence-corrected chi connectivity index (χ4v) is 7.00. The summed E-state index contributed by atoms with van der Waals surface area (Å²) in [7, 11) is 3.78. The Morgan fingerprint density at radius 1 is 1.06 bits per heavy atom. The van der Waals surface area contributed by atoms with E-state index in [1.54, 1.807) is 19.1 Å². The first-order valence-electron chi connectivity index (χ1n) is 14.2. The average molecular weight is 517 g/mol. The van der Waals surface area contributed by atoms with E-state index in [-0.39, 0.29) is 5.91 Å². The third-order valence-corrected chi connectivity index (χ3v) is 9.92. The average Bonchev–Trinajstić information content (AvgIpc) is 2.85. The number of piperidine rings is 1. The number of ether oxygens (including phenoxy) is 1. The Morgan fingerprint density at radius 2 is 1.72 bits per heavy atom. The zero-order valence-electron chi connectivity index (χ0n) is 23.1. The van der Waals surface area contributed by atoms with Gasteiger partial charge in [0.2, 0.25) is 5.91 Å². The topological polar surface area (TPSA) is 48.1 Å². The molecule has 6 nitrogen and oxygen atoms in total. The molecule has 2 saturated heterocycles. The number of nitrogens with zero attached hydrogens (tertiary/aromatic N) is 3. The van der Waals surface area contributed by atoms with Crippen LogP contribution in [0.1, 0.15) is 68.9 Å². The number of aryl methyl sites for hydroxylation is 2. The van der Waals surface area contributed by atoms with Gasteiger partial charge in [-0.1, -0.05) is 0 Å². The highest BCUT2D eigenvalue weighted by atomic mass is 32.2. The lowest BCUT2D eigenvalue weighted by Crippen LogP contribution is -2.47. The Labute approximate surface area is 223 Å². The van der Waals surface area contributed by atoms with Gasteiger partial charge in [0.25, 0.3) is 0 Å². The standard InChI is InChI=1S/C29H48N4O2S/c1-22-20-27(35-4)21-23(2)29(22)36-31(3)16-13-28(34)30-25-6-8-26(9-7-25)33-18-11-24(12-19-33)10-17-32-14-5-15-32/h20-21,24-26H,5-19H2,1-4H3,(H,30,34)/t25-,26+. The molecule has 0 spiro atoms. The third-order valence-electron chi connectivity index (χ3n) is 8.60. The highest BCUT2D eigenvalue weighted by Crippen LogP contribution is 2.32. The van der Waals surface area contributed by atoms with Crippen molar-refractivity contribution in [3.63, 3.8) is 0 Å². The molecule has 4 rings (SSSR count). The first-order chi connectivity index (χ1) is 17.4. The van der Waals surface area contributed by atoms with E-state index in [0.29, 0.717) is 12.5 Å². The van der Waals surface area contributed by atoms with Crippen LogP contribution in [0.2, 0.25) is 0 Å². The van der Waals surface area contributed by atoms with E-state index in [4.69, 9.17) is 4.74 Å². The zero-order valence-corrected chi connectivity index (χ0v) is 23.9. The van der Waals surface area contributed by atoms with Gasteiger partial charge in [0.05, 0.1) is 7.11 Å². The van der Waals surface area contributed by atoms with Gasteiger partial charge in [-0.05, 0) is 146 Å². The summed E-state index contributed by atoms with van der Waals surface area (Å²) in [6, 6.07) is 5.23. The molecule has 0 radical (unpaired) electrons. The molecule has 2 heterocycles. The van der Waals surface area contributed by atoms with Gasteiger partial charge < -0.3 is 19.9 Å². The number of likely N-dealkylation sites (tertiary alicyclic amines) is 2. The fraction of sp³-hybridized carbons (Fsp3) is 0.759. The van der Waals surface area contributed by atoms with Crippen molar-refractivity contribution in [2.75, 3.05) is 53.4 Å². The van der Waals surface area contributed by atoms with Crippen LogP contribution in [0.25, 0.3) is 0 Å². The molecule has 0 atom stereocenters. The number of rotatable bonds is 11. The summed E-state index contributed by atoms with van der Waals surface area (Å²) in [5.74, 6) is 2.02. The lowest BCUT2D eigenvalue weighted by atomic mass is 9.86. The second-order valence-corrected chi connectivity index (χ2v) is 12.5. The van der Waals surface area contributed by atoms with Crippen LogP contribution in [0.3, 0.4) is 0 Å². The summed E-state index contributed by atoms with van der Waals surface area (Å²) in [6.45, 7) is 11.5. The number of hydrogen-bond acceptors (Lipinski definition) is 6. The van der Waals surface area contributed by atoms with E-state index < -0.39 is 0 Å². The summed E-state index contributed by atoms with van der Waals surface area (Å²) >= 11 is 1.72. The number of benzene rings is 1. The van der Waals surface area contributed by atoms with Crippen LogP contribution in [0.4, 0.5) is 0 Å². The van der Waals surface area contributed by atoms with Crippen LogP contribution >= 0.6 is 11.9 Å². The van der Waals surface area contributed by atoms with Crippen LogP contribution in [0.15, 0.2) is 17.0 Å². The minimum atomic E-state index is 0.192. The van der Waals surface area contributed by atoms with Crippen molar-refractivity contribution in [2.45, 2.75) is 88.6 Å². The van der Waals surface area contributed by atoms with Crippen LogP contribution in [-0.4, -0.2) is 85.5 Å². The molecule has 0 unspecified atom stereocenters. The van der Waals surface area contributed by atoms with Gasteiger partial charge in [-0.3, -0.25) is 4.79 Å². The molecule has 0 aromatic heterocycles. The van der Waals surface area contributed by atoms with Crippen molar-refractivity contribution in [2.24, 2.45) is 5.92 Å². The maximum absolute atomic E-state index is 12.7. The molecular formula is C29H48N4O2S. The van der Waals surface area contributed by atoms with Gasteiger partial charge in [-0.25, -0.2) is 4.31 Å². The predicted molar refractivity (Wildman–Crippen MR) is 150 cm³/mol. The molecular weight excluding hydrogens is 468 g/mol. The van der Waals surface area contributed by atoms with E-state index >= 15 is 0 Å². The number of amides is 1. The van der Waals surface area contributed by atoms with Gasteiger partial charge in [-0.15, -0.1) is 0 Å². The largest absolute Gasteiger partial charge is 0.497 e. The smallest absolute Gasteiger partial charge is 0.221 e. The first kappa shape index (κ1) is 27.7. The number of hydrogen-bond donors (Lipinski definition) is 1. The molecule has 3 aliphatic rings. The zero-order chi connectivity index (χ0) is 25.5. The van der Waals surface area contributed by atoms with E-state index in [9.17, 15) is 4.79 Å². The Balaban J connectivity index is 1.10. The molecule has 202 valence electrons. The number of nitrogens with one attached hydrogen (secondary N) is 1. The molecule has 36 heavy (non-hydrogen) atoms. The molecule has 1 saturated carbocycles. The van der Waals surface area contributed by atoms with Gasteiger partial charge in [-0.2, -0.15) is 0 Å². The molecule has 1 N–H and O–H groups in total. The van der Waals surface area contributed by atoms with Crippen LogP contribution < -0.4 is 10.1 Å². The molecule has 3 fully saturated rings. The minimum Gasteiger partial charge on any atom is -0.497 e. The Morgan fingerprint density at radius 3 is 2.31 bits per heavy atom. The molecule has 1 aromatic carbocycles. The van der Waals surface area contributed by atoms with Gasteiger partial charge in [0.1, 0.15) is 5.75 Å². The Kier molecular flexibility index (Phi) is 10.4. The SMILES string of the molecule is COc1cc(C)c(SN(C)CCC(=O)N[C@H]2CC[C@@H](N3CCC(CCN4CCC4)CC3)CC2)c(C)c1. The fourth-order valence-electron chi connectivity index (χ4n) is 6.10. The van der Waals surface area contributed by atoms with Crippen molar-refractivity contribution in [3.05, 3.63) is 23.3 Å². The summed E-state index contributed by atoms with van der Waals surface area (Å²) in [5.41, 5.74) is 2.42. The van der Waals surface area contributed by atoms with E-state index in [0.717, 1.165) is 37.1 Å². The van der Waals surface area contributed by atoms with E-state index in [1.165, 1.54) is 87.3 Å². The molecule has 1 amide bonds. The van der Waals surface area contributed by atoms with Crippen molar-refractivity contribution in [3.8, 4) is 5.75 Å². The quantitative estimate of drug-likeness (QED) is 0.423. The third kappa shape index (κ3) is 7.86. The van der Waals surface area contributed by atoms with Crippen LogP contribution in [-0.2, 0) is 4.79 Å². The summed E-state index contributed by atoms with van der Waals surface area (Å²) < 4.78 is 7.55. The maximum atomic E-state index is 12.7. The monoisotopic (exact) mass is 516 g/mol. The molecule has 1 aliphatic carbocycles. The van der Waals surface area contributed by atoms with Gasteiger partial charge >= 0.3 is 0 Å². The lowest BCUT2D eigenvalue weighted by Gasteiger charge is -2.41. The second kappa shape index (κ2) is 13.5. The van der Waals surface area contributed by atoms with Crippen molar-refractivity contribution in [1.29, 1.82) is 0 Å². The highest BCUT2D eigenvalue weighted by Gasteiger charge is 2.29. The van der Waals surface area contributed by atoms with Gasteiger partial charge in [0, 0.05) is 29.9 Å². The van der Waals surface area contributed by atoms with Gasteiger partial charge in [0.15, 0.2) is 0 Å². The highest BCUT2D eigenvalue weighted by molar-refractivity contribution is 7.97. The minimum absolute atomic E-state index is 0.192. The number of carbonyl (C=O) groups excluding carboxylic acids is 1.